The first kappa shape index (κ1) is 15.2. The summed E-state index contributed by atoms with van der Waals surface area (Å²) in [7, 11) is 0. The third kappa shape index (κ3) is 5.03. The number of benzene rings is 1. The van der Waals surface area contributed by atoms with E-state index in [0.29, 0.717) is 5.92 Å². The topological polar surface area (TPSA) is 50.2 Å². The predicted molar refractivity (Wildman–Crippen MR) is 83.2 cm³/mol. The molecule has 1 aromatic carbocycles. The van der Waals surface area contributed by atoms with Gasteiger partial charge in [-0.2, -0.15) is 0 Å². The second kappa shape index (κ2) is 8.20. The van der Waals surface area contributed by atoms with Crippen LogP contribution in [0, 0.1) is 0 Å². The maximum absolute atomic E-state index is 10.5. The molecule has 0 radical (unpaired) electrons. The number of unbranched alkanes of at least 4 members (excludes halogenated alkanes) is 2. The zero-order valence-electron chi connectivity index (χ0n) is 12.1. The maximum atomic E-state index is 10.5. The van der Waals surface area contributed by atoms with Gasteiger partial charge < -0.3 is 5.11 Å². The van der Waals surface area contributed by atoms with Crippen LogP contribution in [0.25, 0.3) is 0 Å². The minimum Gasteiger partial charge on any atom is -0.481 e. The Morgan fingerprint density at radius 1 is 1.00 bits per heavy atom. The molecule has 0 saturated heterocycles. The van der Waals surface area contributed by atoms with Crippen LogP contribution in [-0.2, 0) is 4.79 Å². The number of carbonyl (C=O) groups is 1. The fourth-order valence-electron chi connectivity index (χ4n) is 2.59. The molecule has 0 bridgehead atoms. The second-order valence-corrected chi connectivity index (χ2v) is 5.24. The van der Waals surface area contributed by atoms with E-state index >= 15 is 0 Å². The zero-order chi connectivity index (χ0) is 14.9. The number of carboxylic acids is 1. The number of aromatic nitrogens is 1. The number of pyridine rings is 1. The average molecular weight is 283 g/mol. The molecule has 1 N–H and O–H groups in total. The lowest BCUT2D eigenvalue weighted by atomic mass is 9.87. The van der Waals surface area contributed by atoms with Crippen molar-refractivity contribution in [1.82, 2.24) is 4.98 Å². The van der Waals surface area contributed by atoms with Gasteiger partial charge in [0.15, 0.2) is 0 Å². The van der Waals surface area contributed by atoms with E-state index in [1.165, 1.54) is 11.1 Å². The van der Waals surface area contributed by atoms with E-state index in [2.05, 4.69) is 35.3 Å². The van der Waals surface area contributed by atoms with Gasteiger partial charge in [0.2, 0.25) is 0 Å². The van der Waals surface area contributed by atoms with Crippen molar-refractivity contribution in [2.24, 2.45) is 0 Å². The zero-order valence-corrected chi connectivity index (χ0v) is 12.1. The molecule has 2 rings (SSSR count). The molecule has 3 nitrogen and oxygen atoms in total. The van der Waals surface area contributed by atoms with Crippen molar-refractivity contribution in [3.05, 3.63) is 66.0 Å². The minimum atomic E-state index is -0.707. The van der Waals surface area contributed by atoms with Gasteiger partial charge in [0.1, 0.15) is 0 Å². The summed E-state index contributed by atoms with van der Waals surface area (Å²) in [5.74, 6) is -0.369. The van der Waals surface area contributed by atoms with E-state index < -0.39 is 5.97 Å². The Bertz CT molecular complexity index is 500. The molecule has 0 aliphatic rings. The van der Waals surface area contributed by atoms with E-state index in [-0.39, 0.29) is 6.42 Å². The number of rotatable bonds is 8. The monoisotopic (exact) mass is 283 g/mol. The molecule has 0 aliphatic heterocycles. The van der Waals surface area contributed by atoms with Gasteiger partial charge in [-0.05, 0) is 30.0 Å². The molecule has 1 atom stereocenters. The minimum absolute atomic E-state index is 0.267. The van der Waals surface area contributed by atoms with Crippen LogP contribution in [0.15, 0.2) is 54.9 Å². The summed E-state index contributed by atoms with van der Waals surface area (Å²) in [5, 5.41) is 8.67. The summed E-state index contributed by atoms with van der Waals surface area (Å²) in [6.45, 7) is 0. The number of aliphatic carboxylic acids is 1. The Morgan fingerprint density at radius 2 is 1.76 bits per heavy atom. The quantitative estimate of drug-likeness (QED) is 0.737. The molecular formula is C18H21NO2. The summed E-state index contributed by atoms with van der Waals surface area (Å²) in [6.07, 6.45) is 7.74. The highest BCUT2D eigenvalue weighted by molar-refractivity contribution is 5.66. The molecule has 3 heteroatoms. The molecule has 1 unspecified atom stereocenters. The Labute approximate surface area is 125 Å². The van der Waals surface area contributed by atoms with Gasteiger partial charge in [-0.3, -0.25) is 9.78 Å². The third-order valence-corrected chi connectivity index (χ3v) is 3.67. The number of hydrogen-bond acceptors (Lipinski definition) is 2. The largest absolute Gasteiger partial charge is 0.481 e. The van der Waals surface area contributed by atoms with Gasteiger partial charge in [0, 0.05) is 24.7 Å². The highest BCUT2D eigenvalue weighted by Crippen LogP contribution is 2.29. The third-order valence-electron chi connectivity index (χ3n) is 3.67. The molecule has 110 valence electrons. The smallest absolute Gasteiger partial charge is 0.303 e. The molecule has 0 aliphatic carbocycles. The van der Waals surface area contributed by atoms with Crippen molar-refractivity contribution in [2.75, 3.05) is 0 Å². The molecular weight excluding hydrogens is 262 g/mol. The SMILES string of the molecule is O=C(O)CCCCCC(c1ccccc1)c1cccnc1. The van der Waals surface area contributed by atoms with Crippen molar-refractivity contribution < 1.29 is 9.90 Å². The highest BCUT2D eigenvalue weighted by atomic mass is 16.4. The molecule has 21 heavy (non-hydrogen) atoms. The van der Waals surface area contributed by atoms with Crippen LogP contribution in [0.1, 0.15) is 49.1 Å². The number of carboxylic acid groups (broad SMARTS) is 1. The maximum Gasteiger partial charge on any atom is 0.303 e. The van der Waals surface area contributed by atoms with Crippen LogP contribution in [-0.4, -0.2) is 16.1 Å². The molecule has 0 spiro atoms. The van der Waals surface area contributed by atoms with E-state index in [1.54, 1.807) is 6.20 Å². The fraction of sp³-hybridized carbons (Fsp3) is 0.333. The standard InChI is InChI=1S/C18H21NO2/c20-18(21)12-6-2-5-11-17(15-8-3-1-4-9-15)16-10-7-13-19-14-16/h1,3-4,7-10,13-14,17H,2,5-6,11-12H2,(H,20,21). The molecule has 0 saturated carbocycles. The van der Waals surface area contributed by atoms with Crippen molar-refractivity contribution in [3.63, 3.8) is 0 Å². The van der Waals surface area contributed by atoms with Crippen molar-refractivity contribution in [3.8, 4) is 0 Å². The predicted octanol–water partition coefficient (Wildman–Crippen LogP) is 4.25. The van der Waals surface area contributed by atoms with Crippen LogP contribution in [0.2, 0.25) is 0 Å². The summed E-state index contributed by atoms with van der Waals surface area (Å²) in [6, 6.07) is 14.5. The van der Waals surface area contributed by atoms with Crippen LogP contribution < -0.4 is 0 Å². The van der Waals surface area contributed by atoms with E-state index in [1.807, 2.05) is 18.3 Å². The number of nitrogens with zero attached hydrogens (tertiary/aromatic N) is 1. The Kier molecular flexibility index (Phi) is 5.95. The van der Waals surface area contributed by atoms with Gasteiger partial charge in [-0.1, -0.05) is 49.2 Å². The number of hydrogen-bond donors (Lipinski definition) is 1. The molecule has 0 fully saturated rings. The lowest BCUT2D eigenvalue weighted by molar-refractivity contribution is -0.137. The summed E-state index contributed by atoms with van der Waals surface area (Å²) in [4.78, 5) is 14.8. The summed E-state index contributed by atoms with van der Waals surface area (Å²) < 4.78 is 0. The van der Waals surface area contributed by atoms with Crippen LogP contribution >= 0.6 is 0 Å². The van der Waals surface area contributed by atoms with Gasteiger partial charge in [-0.15, -0.1) is 0 Å². The normalized spacial score (nSPS) is 12.0. The summed E-state index contributed by atoms with van der Waals surface area (Å²) >= 11 is 0. The first-order valence-corrected chi connectivity index (χ1v) is 7.44. The molecule has 0 amide bonds. The van der Waals surface area contributed by atoms with Crippen LogP contribution in [0.3, 0.4) is 0 Å². The lowest BCUT2D eigenvalue weighted by Crippen LogP contribution is -2.02. The first-order chi connectivity index (χ1) is 10.3. The van der Waals surface area contributed by atoms with Crippen molar-refractivity contribution in [1.29, 1.82) is 0 Å². The van der Waals surface area contributed by atoms with Gasteiger partial charge >= 0.3 is 5.97 Å². The molecule has 1 aromatic heterocycles. The summed E-state index contributed by atoms with van der Waals surface area (Å²) in [5.41, 5.74) is 2.52. The van der Waals surface area contributed by atoms with Gasteiger partial charge in [-0.25, -0.2) is 0 Å². The van der Waals surface area contributed by atoms with Gasteiger partial charge in [0.25, 0.3) is 0 Å². The van der Waals surface area contributed by atoms with Crippen molar-refractivity contribution >= 4 is 5.97 Å². The Hall–Kier alpha value is -2.16. The highest BCUT2D eigenvalue weighted by Gasteiger charge is 2.13. The van der Waals surface area contributed by atoms with E-state index in [0.717, 1.165) is 25.7 Å². The fourth-order valence-corrected chi connectivity index (χ4v) is 2.59. The first-order valence-electron chi connectivity index (χ1n) is 7.44. The Balaban J connectivity index is 1.99. The van der Waals surface area contributed by atoms with E-state index in [9.17, 15) is 4.79 Å². The van der Waals surface area contributed by atoms with Gasteiger partial charge in [0.05, 0.1) is 0 Å². The molecule has 2 aromatic rings. The molecule has 1 heterocycles. The Morgan fingerprint density at radius 3 is 2.43 bits per heavy atom. The van der Waals surface area contributed by atoms with Crippen molar-refractivity contribution in [2.45, 2.75) is 38.0 Å². The average Bonchev–Trinajstić information content (AvgIpc) is 2.52. The van der Waals surface area contributed by atoms with Crippen LogP contribution in [0.5, 0.6) is 0 Å². The van der Waals surface area contributed by atoms with E-state index in [4.69, 9.17) is 5.11 Å². The second-order valence-electron chi connectivity index (χ2n) is 5.24. The lowest BCUT2D eigenvalue weighted by Gasteiger charge is -2.17. The van der Waals surface area contributed by atoms with Crippen LogP contribution in [0.4, 0.5) is 0 Å².